The number of likely N-dealkylation sites (tertiary alicyclic amines) is 1. The molecule has 0 bridgehead atoms. The van der Waals surface area contributed by atoms with Crippen molar-refractivity contribution in [1.29, 1.82) is 0 Å². The molecule has 43 heavy (non-hydrogen) atoms. The van der Waals surface area contributed by atoms with Gasteiger partial charge in [0.2, 0.25) is 0 Å². The summed E-state index contributed by atoms with van der Waals surface area (Å²) in [5, 5.41) is 14.6. The van der Waals surface area contributed by atoms with E-state index in [1.165, 1.54) is 25.7 Å². The number of hydrogen-bond donors (Lipinski definition) is 1. The van der Waals surface area contributed by atoms with Crippen molar-refractivity contribution in [2.24, 2.45) is 29.1 Å². The lowest BCUT2D eigenvalue weighted by Gasteiger charge is -2.39. The molecule has 1 spiro atoms. The zero-order valence-electron chi connectivity index (χ0n) is 24.0. The lowest BCUT2D eigenvalue weighted by Crippen LogP contribution is -2.45. The number of carbonyl (C=O) groups excluding carboxylic acids is 1. The van der Waals surface area contributed by atoms with Gasteiger partial charge in [-0.1, -0.05) is 12.1 Å². The van der Waals surface area contributed by atoms with Crippen LogP contribution in [0.5, 0.6) is 0 Å². The number of nitrogens with one attached hydrogen (secondary N) is 1. The number of fused-ring (bicyclic) bond motifs is 4. The van der Waals surface area contributed by atoms with Gasteiger partial charge in [-0.3, -0.25) is 9.89 Å². The molecule has 1 N–H and O–H groups in total. The van der Waals surface area contributed by atoms with Crippen molar-refractivity contribution in [2.45, 2.75) is 45.2 Å². The molecule has 1 amide bonds. The van der Waals surface area contributed by atoms with E-state index < -0.39 is 0 Å². The van der Waals surface area contributed by atoms with Crippen LogP contribution in [-0.4, -0.2) is 52.8 Å². The molecule has 4 saturated carbocycles. The molecule has 8 heteroatoms. The second-order valence-corrected chi connectivity index (χ2v) is 13.9. The van der Waals surface area contributed by atoms with E-state index in [4.69, 9.17) is 10.1 Å². The molecule has 5 aromatic heterocycles. The van der Waals surface area contributed by atoms with E-state index in [0.717, 1.165) is 92.1 Å². The summed E-state index contributed by atoms with van der Waals surface area (Å²) < 4.78 is 4.31. The summed E-state index contributed by atoms with van der Waals surface area (Å²) in [6.07, 6.45) is 8.88. The molecule has 6 heterocycles. The van der Waals surface area contributed by atoms with Crippen LogP contribution in [0, 0.1) is 36.0 Å². The van der Waals surface area contributed by atoms with Gasteiger partial charge >= 0.3 is 0 Å². The minimum atomic E-state index is 0.183. The highest BCUT2D eigenvalue weighted by molar-refractivity contribution is 5.96. The Balaban J connectivity index is 0.995. The van der Waals surface area contributed by atoms with Gasteiger partial charge in [0.25, 0.3) is 5.91 Å². The number of amides is 1. The molecule has 1 saturated heterocycles. The van der Waals surface area contributed by atoms with Crippen LogP contribution < -0.4 is 0 Å². The molecular weight excluding hydrogens is 534 g/mol. The van der Waals surface area contributed by atoms with E-state index in [1.54, 1.807) is 0 Å². The molecule has 8 nitrogen and oxygen atoms in total. The van der Waals surface area contributed by atoms with E-state index >= 15 is 0 Å². The van der Waals surface area contributed by atoms with Crippen molar-refractivity contribution < 1.29 is 4.79 Å². The van der Waals surface area contributed by atoms with Gasteiger partial charge in [-0.25, -0.2) is 9.50 Å². The predicted octanol–water partition coefficient (Wildman–Crippen LogP) is 6.09. The fraction of sp³-hybridized carbons (Fsp3) is 0.371. The Morgan fingerprint density at radius 2 is 1.93 bits per heavy atom. The average Bonchev–Trinajstić information content (AvgIpc) is 3.55. The summed E-state index contributed by atoms with van der Waals surface area (Å²) in [5.74, 6) is 3.46. The minimum Gasteiger partial charge on any atom is -0.335 e. The molecular formula is C35H31N7O. The number of aromatic nitrogens is 6. The first-order valence-corrected chi connectivity index (χ1v) is 15.8. The maximum Gasteiger partial charge on any atom is 0.255 e. The Labute approximate surface area is 247 Å². The van der Waals surface area contributed by atoms with E-state index in [2.05, 4.69) is 69.1 Å². The van der Waals surface area contributed by atoms with Gasteiger partial charge in [0.1, 0.15) is 11.3 Å². The lowest BCUT2D eigenvalue weighted by molar-refractivity contribution is 0.0584. The predicted molar refractivity (Wildman–Crippen MR) is 163 cm³/mol. The largest absolute Gasteiger partial charge is 0.335 e. The first kappa shape index (κ1) is 23.1. The first-order chi connectivity index (χ1) is 21.1. The highest BCUT2D eigenvalue weighted by Crippen LogP contribution is 2.88. The fourth-order valence-electron chi connectivity index (χ4n) is 9.58. The Kier molecular flexibility index (Phi) is 4.04. The smallest absolute Gasteiger partial charge is 0.255 e. The van der Waals surface area contributed by atoms with Crippen molar-refractivity contribution in [1.82, 2.24) is 34.3 Å². The zero-order chi connectivity index (χ0) is 28.2. The molecule has 11 rings (SSSR count). The van der Waals surface area contributed by atoms with Crippen LogP contribution in [0.2, 0.25) is 0 Å². The van der Waals surface area contributed by atoms with Crippen molar-refractivity contribution in [3.63, 3.8) is 0 Å². The molecule has 5 aliphatic rings. The minimum absolute atomic E-state index is 0.183. The number of aryl methyl sites for hydroxylation is 1. The molecule has 1 aliphatic heterocycles. The molecule has 5 fully saturated rings. The van der Waals surface area contributed by atoms with Crippen molar-refractivity contribution >= 4 is 33.4 Å². The Morgan fingerprint density at radius 1 is 1.05 bits per heavy atom. The number of H-pyrrole nitrogens is 1. The quantitative estimate of drug-likeness (QED) is 0.274. The van der Waals surface area contributed by atoms with Gasteiger partial charge in [-0.15, -0.1) is 0 Å². The van der Waals surface area contributed by atoms with E-state index in [9.17, 15) is 4.79 Å². The summed E-state index contributed by atoms with van der Waals surface area (Å²) in [6.45, 7) is 4.03. The van der Waals surface area contributed by atoms with Gasteiger partial charge in [-0.05, 0) is 92.7 Å². The van der Waals surface area contributed by atoms with Crippen LogP contribution in [-0.2, 0) is 6.54 Å². The van der Waals surface area contributed by atoms with Crippen molar-refractivity contribution in [3.05, 3.63) is 72.1 Å². The van der Waals surface area contributed by atoms with Crippen LogP contribution in [0.25, 0.3) is 50.1 Å². The topological polar surface area (TPSA) is 84.1 Å². The van der Waals surface area contributed by atoms with Gasteiger partial charge in [0.15, 0.2) is 0 Å². The molecule has 1 aromatic carbocycles. The van der Waals surface area contributed by atoms with Crippen LogP contribution in [0.1, 0.15) is 41.6 Å². The first-order valence-electron chi connectivity index (χ1n) is 15.8. The Hall–Kier alpha value is -4.46. The van der Waals surface area contributed by atoms with Crippen LogP contribution in [0.4, 0.5) is 0 Å². The molecule has 6 aromatic rings. The average molecular weight is 566 g/mol. The fourth-order valence-corrected chi connectivity index (χ4v) is 9.58. The number of aromatic amines is 1. The normalized spacial score (nSPS) is 28.3. The van der Waals surface area contributed by atoms with Gasteiger partial charge in [-0.2, -0.15) is 10.2 Å². The van der Waals surface area contributed by atoms with E-state index in [1.807, 2.05) is 23.0 Å². The van der Waals surface area contributed by atoms with Crippen molar-refractivity contribution in [2.75, 3.05) is 6.54 Å². The number of pyridine rings is 2. The van der Waals surface area contributed by atoms with Crippen LogP contribution >= 0.6 is 0 Å². The Morgan fingerprint density at radius 3 is 2.77 bits per heavy atom. The molecule has 0 radical (unpaired) electrons. The second kappa shape index (κ2) is 7.54. The summed E-state index contributed by atoms with van der Waals surface area (Å²) in [7, 11) is 0. The number of hydrogen-bond acceptors (Lipinski definition) is 4. The summed E-state index contributed by atoms with van der Waals surface area (Å²) in [5.41, 5.74) is 9.54. The lowest BCUT2D eigenvalue weighted by atomic mass is 9.67. The number of benzene rings is 1. The van der Waals surface area contributed by atoms with Gasteiger partial charge in [0, 0.05) is 52.6 Å². The van der Waals surface area contributed by atoms with Crippen LogP contribution in [0.3, 0.4) is 0 Å². The zero-order valence-corrected chi connectivity index (χ0v) is 24.0. The summed E-state index contributed by atoms with van der Waals surface area (Å²) in [6, 6.07) is 17.4. The van der Waals surface area contributed by atoms with E-state index in [-0.39, 0.29) is 5.91 Å². The molecule has 5 atom stereocenters. The number of nitrogens with zero attached hydrogens (tertiary/aromatic N) is 6. The summed E-state index contributed by atoms with van der Waals surface area (Å²) in [4.78, 5) is 21.2. The number of rotatable bonds is 5. The third-order valence-corrected chi connectivity index (χ3v) is 12.0. The third-order valence-electron chi connectivity index (χ3n) is 12.0. The maximum absolute atomic E-state index is 13.7. The molecule has 212 valence electrons. The van der Waals surface area contributed by atoms with Gasteiger partial charge in [0.05, 0.1) is 34.2 Å². The van der Waals surface area contributed by atoms with Gasteiger partial charge < -0.3 is 9.47 Å². The second-order valence-electron chi connectivity index (χ2n) is 13.9. The summed E-state index contributed by atoms with van der Waals surface area (Å²) >= 11 is 0. The monoisotopic (exact) mass is 565 g/mol. The maximum atomic E-state index is 13.7. The highest BCUT2D eigenvalue weighted by Gasteiger charge is 2.88. The third kappa shape index (κ3) is 2.83. The Bertz CT molecular complexity index is 2190. The molecule has 5 unspecified atom stereocenters. The standard InChI is InChI=1S/C35H31N7O/c1-18-29-9-7-23(34(43)41-17-24-12-25-26-13-31(41)35(24,25)26)16-42(29)39-32(18)30-11-21-6-8-27(37-33(21)40(30)15-19-2-3-19)20-4-5-22-14-36-38-28(22)10-20/h4-11,14,16,19,24-26,31H,2-3,12-13,15,17H2,1H3,(H,36,38). The van der Waals surface area contributed by atoms with Crippen LogP contribution in [0.15, 0.2) is 60.9 Å². The number of carbonyl (C=O) groups is 1. The molecule has 4 aliphatic carbocycles. The van der Waals surface area contributed by atoms with E-state index in [0.29, 0.717) is 17.4 Å². The highest BCUT2D eigenvalue weighted by atomic mass is 16.2. The SMILES string of the molecule is Cc1c(-c2cc3ccc(-c4ccc5cn[nH]c5c4)nc3n2CC2CC2)nn2cc(C(=O)N3CC4CC5C6CC3C456)ccc12. The van der Waals surface area contributed by atoms with Crippen molar-refractivity contribution in [3.8, 4) is 22.6 Å².